The lowest BCUT2D eigenvalue weighted by Crippen LogP contribution is -2.09. The summed E-state index contributed by atoms with van der Waals surface area (Å²) < 4.78 is 44.9. The van der Waals surface area contributed by atoms with E-state index in [-0.39, 0.29) is 22.2 Å². The highest BCUT2D eigenvalue weighted by Gasteiger charge is 2.34. The van der Waals surface area contributed by atoms with Crippen LogP contribution in [0.1, 0.15) is 15.9 Å². The average molecular weight is 347 g/mol. The number of fused-ring (bicyclic) bond motifs is 1. The lowest BCUT2D eigenvalue weighted by atomic mass is 10.0. The summed E-state index contributed by atoms with van der Waals surface area (Å²) in [5, 5.41) is 9.35. The first-order valence-corrected chi connectivity index (χ1v) is 7.20. The number of carbonyl (C=O) groups is 1. The summed E-state index contributed by atoms with van der Waals surface area (Å²) in [7, 11) is 1.49. The number of carboxylic acid groups (broad SMARTS) is 1. The number of halogens is 3. The monoisotopic (exact) mass is 347 g/mol. The van der Waals surface area contributed by atoms with Gasteiger partial charge < -0.3 is 9.84 Å². The zero-order valence-electron chi connectivity index (χ0n) is 13.0. The molecule has 0 saturated heterocycles. The van der Waals surface area contributed by atoms with Crippen molar-refractivity contribution in [3.63, 3.8) is 0 Å². The zero-order valence-corrected chi connectivity index (χ0v) is 13.0. The van der Waals surface area contributed by atoms with Gasteiger partial charge in [-0.15, -0.1) is 0 Å². The fourth-order valence-electron chi connectivity index (χ4n) is 2.56. The molecule has 0 aliphatic carbocycles. The molecule has 0 amide bonds. The first-order valence-electron chi connectivity index (χ1n) is 7.20. The molecule has 0 spiro atoms. The highest BCUT2D eigenvalue weighted by molar-refractivity contribution is 6.04. The van der Waals surface area contributed by atoms with Crippen molar-refractivity contribution in [2.45, 2.75) is 6.18 Å². The van der Waals surface area contributed by atoms with Gasteiger partial charge in [-0.2, -0.15) is 13.2 Å². The number of hydrogen-bond donors (Lipinski definition) is 1. The molecule has 1 heterocycles. The molecule has 0 aliphatic heterocycles. The Morgan fingerprint density at radius 2 is 1.80 bits per heavy atom. The molecule has 3 aromatic rings. The predicted octanol–water partition coefficient (Wildman–Crippen LogP) is 4.63. The Bertz CT molecular complexity index is 950. The fourth-order valence-corrected chi connectivity index (χ4v) is 2.56. The summed E-state index contributed by atoms with van der Waals surface area (Å²) in [6, 6.07) is 11.1. The molecule has 4 nitrogen and oxygen atoms in total. The van der Waals surface area contributed by atoms with Gasteiger partial charge >= 0.3 is 12.1 Å². The molecule has 3 rings (SSSR count). The van der Waals surface area contributed by atoms with E-state index in [1.165, 1.54) is 25.3 Å². The predicted molar refractivity (Wildman–Crippen MR) is 85.7 cm³/mol. The molecule has 0 unspecified atom stereocenters. The van der Waals surface area contributed by atoms with E-state index in [2.05, 4.69) is 4.98 Å². The minimum absolute atomic E-state index is 0.0559. The first-order chi connectivity index (χ1) is 11.8. The van der Waals surface area contributed by atoms with E-state index in [0.29, 0.717) is 11.3 Å². The van der Waals surface area contributed by atoms with E-state index in [1.54, 1.807) is 24.3 Å². The number of methoxy groups -OCH3 is 1. The van der Waals surface area contributed by atoms with Gasteiger partial charge in [0.25, 0.3) is 0 Å². The summed E-state index contributed by atoms with van der Waals surface area (Å²) in [4.78, 5) is 15.6. The molecule has 2 aromatic carbocycles. The third kappa shape index (κ3) is 3.13. The molecule has 128 valence electrons. The largest absolute Gasteiger partial charge is 0.497 e. The number of ether oxygens (including phenoxy) is 1. The van der Waals surface area contributed by atoms with E-state index in [9.17, 15) is 23.1 Å². The van der Waals surface area contributed by atoms with Crippen LogP contribution in [0.2, 0.25) is 0 Å². The van der Waals surface area contributed by atoms with Crippen molar-refractivity contribution in [1.82, 2.24) is 4.98 Å². The topological polar surface area (TPSA) is 59.4 Å². The maximum atomic E-state index is 13.3. The Morgan fingerprint density at radius 3 is 2.36 bits per heavy atom. The van der Waals surface area contributed by atoms with Crippen LogP contribution in [0.4, 0.5) is 13.2 Å². The van der Waals surface area contributed by atoms with Crippen LogP contribution in [0.25, 0.3) is 22.2 Å². The van der Waals surface area contributed by atoms with E-state index in [4.69, 9.17) is 4.74 Å². The van der Waals surface area contributed by atoms with E-state index in [0.717, 1.165) is 6.07 Å². The second-order valence-electron chi connectivity index (χ2n) is 5.29. The van der Waals surface area contributed by atoms with Gasteiger partial charge in [0.2, 0.25) is 0 Å². The van der Waals surface area contributed by atoms with Gasteiger partial charge in [0, 0.05) is 10.9 Å². The second-order valence-corrected chi connectivity index (χ2v) is 5.29. The molecule has 0 fully saturated rings. The van der Waals surface area contributed by atoms with Crippen molar-refractivity contribution in [1.29, 1.82) is 0 Å². The second kappa shape index (κ2) is 6.08. The van der Waals surface area contributed by atoms with Crippen LogP contribution in [-0.4, -0.2) is 23.2 Å². The average Bonchev–Trinajstić information content (AvgIpc) is 2.59. The van der Waals surface area contributed by atoms with Crippen molar-refractivity contribution in [3.05, 3.63) is 59.7 Å². The molecule has 7 heteroatoms. The Morgan fingerprint density at radius 1 is 1.12 bits per heavy atom. The van der Waals surface area contributed by atoms with Gasteiger partial charge in [0.15, 0.2) is 0 Å². The van der Waals surface area contributed by atoms with Crippen molar-refractivity contribution >= 4 is 16.9 Å². The van der Waals surface area contributed by atoms with Crippen LogP contribution in [0.5, 0.6) is 5.75 Å². The lowest BCUT2D eigenvalue weighted by Gasteiger charge is -2.13. The number of pyridine rings is 1. The van der Waals surface area contributed by atoms with Crippen molar-refractivity contribution in [2.24, 2.45) is 0 Å². The third-order valence-corrected chi connectivity index (χ3v) is 3.76. The summed E-state index contributed by atoms with van der Waals surface area (Å²) in [5.41, 5.74) is -0.961. The van der Waals surface area contributed by atoms with Crippen molar-refractivity contribution < 1.29 is 27.8 Å². The molecule has 1 N–H and O–H groups in total. The standard InChI is InChI=1S/C18H12F3NO3/c1-25-11-7-5-10(6-8-11)15-9-13(17(23)24)12-3-2-4-14(16(12)22-15)18(19,20)21/h2-9H,1H3,(H,23,24). The smallest absolute Gasteiger partial charge is 0.418 e. The highest BCUT2D eigenvalue weighted by atomic mass is 19.4. The lowest BCUT2D eigenvalue weighted by molar-refractivity contribution is -0.136. The molecule has 1 aromatic heterocycles. The van der Waals surface area contributed by atoms with Gasteiger partial charge in [0.05, 0.1) is 29.4 Å². The molecular weight excluding hydrogens is 335 g/mol. The minimum Gasteiger partial charge on any atom is -0.497 e. The number of rotatable bonds is 3. The Hall–Kier alpha value is -3.09. The number of benzene rings is 2. The van der Waals surface area contributed by atoms with Crippen LogP contribution in [0.15, 0.2) is 48.5 Å². The van der Waals surface area contributed by atoms with Crippen LogP contribution >= 0.6 is 0 Å². The fraction of sp³-hybridized carbons (Fsp3) is 0.111. The van der Waals surface area contributed by atoms with Gasteiger partial charge in [-0.05, 0) is 36.4 Å². The van der Waals surface area contributed by atoms with Crippen molar-refractivity contribution in [3.8, 4) is 17.0 Å². The molecule has 0 saturated carbocycles. The molecule has 25 heavy (non-hydrogen) atoms. The van der Waals surface area contributed by atoms with Crippen LogP contribution in [0, 0.1) is 0 Å². The maximum absolute atomic E-state index is 13.3. The molecule has 0 atom stereocenters. The number of nitrogens with zero attached hydrogens (tertiary/aromatic N) is 1. The number of para-hydroxylation sites is 1. The summed E-state index contributed by atoms with van der Waals surface area (Å²) in [5.74, 6) is -0.750. The van der Waals surface area contributed by atoms with Crippen LogP contribution < -0.4 is 4.74 Å². The Kier molecular flexibility index (Phi) is 4.08. The van der Waals surface area contributed by atoms with Gasteiger partial charge in [-0.3, -0.25) is 0 Å². The molecule has 0 aliphatic rings. The first kappa shape index (κ1) is 16.8. The zero-order chi connectivity index (χ0) is 18.2. The highest BCUT2D eigenvalue weighted by Crippen LogP contribution is 2.36. The van der Waals surface area contributed by atoms with E-state index < -0.39 is 17.7 Å². The Labute approximate surface area is 140 Å². The summed E-state index contributed by atoms with van der Waals surface area (Å²) >= 11 is 0. The number of hydrogen-bond acceptors (Lipinski definition) is 3. The van der Waals surface area contributed by atoms with Gasteiger partial charge in [0.1, 0.15) is 5.75 Å². The molecular formula is C18H12F3NO3. The Balaban J connectivity index is 2.31. The van der Waals surface area contributed by atoms with E-state index in [1.807, 2.05) is 0 Å². The number of aromatic nitrogens is 1. The minimum atomic E-state index is -4.64. The molecule has 0 radical (unpaired) electrons. The number of carboxylic acids is 1. The summed E-state index contributed by atoms with van der Waals surface area (Å²) in [6.07, 6.45) is -4.64. The van der Waals surface area contributed by atoms with Crippen molar-refractivity contribution in [2.75, 3.05) is 7.11 Å². The van der Waals surface area contributed by atoms with Gasteiger partial charge in [-0.25, -0.2) is 9.78 Å². The third-order valence-electron chi connectivity index (χ3n) is 3.76. The summed E-state index contributed by atoms with van der Waals surface area (Å²) in [6.45, 7) is 0. The molecule has 0 bridgehead atoms. The number of alkyl halides is 3. The number of aromatic carboxylic acids is 1. The quantitative estimate of drug-likeness (QED) is 0.751. The van der Waals surface area contributed by atoms with E-state index >= 15 is 0 Å². The SMILES string of the molecule is COc1ccc(-c2cc(C(=O)O)c3cccc(C(F)(F)F)c3n2)cc1. The maximum Gasteiger partial charge on any atom is 0.418 e. The van der Waals surface area contributed by atoms with Gasteiger partial charge in [-0.1, -0.05) is 12.1 Å². The van der Waals surface area contributed by atoms with Crippen LogP contribution in [0.3, 0.4) is 0 Å². The normalized spacial score (nSPS) is 11.5. The van der Waals surface area contributed by atoms with Crippen LogP contribution in [-0.2, 0) is 6.18 Å².